The molecule has 5 rings (SSSR count). The van der Waals surface area contributed by atoms with E-state index in [0.29, 0.717) is 0 Å². The molecule has 0 bridgehead atoms. The molecule has 5 aromatic rings. The quantitative estimate of drug-likeness (QED) is 0.174. The summed E-state index contributed by atoms with van der Waals surface area (Å²) in [6, 6.07) is 0. The third kappa shape index (κ3) is 17.3. The molecule has 0 spiro atoms. The SMILES string of the molecule is C.CCc1nc(C)c(C(C)(C)C)c(C)c1C.CCc1nc(C)c(C(C)(C)C)c(C)n1.CCc1nc(C)c(C(C)(C)C)s1.CCc1nn(C)c(C(C)(C)C)c1C.CCn1nc(C)c(C(C)(C)C)c1C. The third-order valence-corrected chi connectivity index (χ3v) is 13.9. The summed E-state index contributed by atoms with van der Waals surface area (Å²) in [5, 5.41) is 10.3. The van der Waals surface area contributed by atoms with Crippen LogP contribution in [0.3, 0.4) is 0 Å². The van der Waals surface area contributed by atoms with Crippen molar-refractivity contribution in [2.24, 2.45) is 7.05 Å². The minimum atomic E-state index is 0. The van der Waals surface area contributed by atoms with Gasteiger partial charge in [0, 0.05) is 70.0 Å². The third-order valence-electron chi connectivity index (χ3n) is 12.2. The molecular formula is C59H104N8S. The maximum Gasteiger partial charge on any atom is 0.128 e. The Balaban J connectivity index is 0.000000824. The van der Waals surface area contributed by atoms with Crippen molar-refractivity contribution in [3.8, 4) is 0 Å². The van der Waals surface area contributed by atoms with Gasteiger partial charge in [0.2, 0.25) is 0 Å². The number of aryl methyl sites for hydroxylation is 11. The van der Waals surface area contributed by atoms with Gasteiger partial charge in [0.05, 0.1) is 22.1 Å². The summed E-state index contributed by atoms with van der Waals surface area (Å²) < 4.78 is 4.10. The van der Waals surface area contributed by atoms with Crippen LogP contribution in [-0.2, 0) is 66.4 Å². The Hall–Kier alpha value is -3.72. The van der Waals surface area contributed by atoms with Crippen LogP contribution in [-0.4, -0.2) is 39.5 Å². The van der Waals surface area contributed by atoms with Crippen LogP contribution in [0.1, 0.15) is 246 Å². The molecule has 0 aliphatic carbocycles. The zero-order valence-electron chi connectivity index (χ0n) is 49.0. The molecule has 0 atom stereocenters. The topological polar surface area (TPSA) is 87.2 Å². The Labute approximate surface area is 423 Å². The van der Waals surface area contributed by atoms with Crippen molar-refractivity contribution in [2.45, 2.75) is 268 Å². The van der Waals surface area contributed by atoms with Crippen LogP contribution in [0.5, 0.6) is 0 Å². The second kappa shape index (κ2) is 25.4. The smallest absolute Gasteiger partial charge is 0.128 e. The molecule has 0 N–H and O–H groups in total. The first-order chi connectivity index (χ1) is 30.3. The zero-order chi connectivity index (χ0) is 52.5. The lowest BCUT2D eigenvalue weighted by atomic mass is 9.81. The number of rotatable bonds is 5. The fourth-order valence-corrected chi connectivity index (χ4v) is 11.0. The Bertz CT molecular complexity index is 2260. The second-order valence-electron chi connectivity index (χ2n) is 23.5. The first-order valence-corrected chi connectivity index (χ1v) is 26.0. The predicted molar refractivity (Wildman–Crippen MR) is 300 cm³/mol. The van der Waals surface area contributed by atoms with Gasteiger partial charge in [-0.05, 0) is 138 Å². The lowest BCUT2D eigenvalue weighted by molar-refractivity contribution is 0.519. The van der Waals surface area contributed by atoms with Crippen molar-refractivity contribution in [3.63, 3.8) is 0 Å². The summed E-state index contributed by atoms with van der Waals surface area (Å²) in [5.41, 5.74) is 20.2. The number of hydrogen-bond acceptors (Lipinski definition) is 7. The van der Waals surface area contributed by atoms with Crippen molar-refractivity contribution in [3.05, 3.63) is 100 Å². The average Bonchev–Trinajstić information content (AvgIpc) is 3.81. The highest BCUT2D eigenvalue weighted by molar-refractivity contribution is 7.11. The van der Waals surface area contributed by atoms with E-state index >= 15 is 0 Å². The number of thiazole rings is 1. The molecule has 0 aliphatic heterocycles. The van der Waals surface area contributed by atoms with Crippen molar-refractivity contribution in [1.29, 1.82) is 0 Å². The molecule has 386 valence electrons. The van der Waals surface area contributed by atoms with E-state index < -0.39 is 0 Å². The van der Waals surface area contributed by atoms with E-state index in [9.17, 15) is 0 Å². The molecule has 9 heteroatoms. The molecule has 0 aliphatic rings. The van der Waals surface area contributed by atoms with Crippen molar-refractivity contribution < 1.29 is 0 Å². The highest BCUT2D eigenvalue weighted by Crippen LogP contribution is 2.33. The molecule has 0 fully saturated rings. The van der Waals surface area contributed by atoms with E-state index in [4.69, 9.17) is 4.98 Å². The van der Waals surface area contributed by atoms with Crippen LogP contribution in [0.25, 0.3) is 0 Å². The average molecular weight is 958 g/mol. The van der Waals surface area contributed by atoms with E-state index in [0.717, 1.165) is 49.4 Å². The van der Waals surface area contributed by atoms with Gasteiger partial charge >= 0.3 is 0 Å². The second-order valence-corrected chi connectivity index (χ2v) is 24.6. The summed E-state index contributed by atoms with van der Waals surface area (Å²) in [6.45, 7) is 64.4. The molecule has 8 nitrogen and oxygen atoms in total. The van der Waals surface area contributed by atoms with Gasteiger partial charge in [-0.2, -0.15) is 10.2 Å². The Kier molecular flexibility index (Phi) is 24.0. The zero-order valence-corrected chi connectivity index (χ0v) is 49.8. The van der Waals surface area contributed by atoms with Gasteiger partial charge in [-0.3, -0.25) is 14.3 Å². The molecule has 0 unspecified atom stereocenters. The van der Waals surface area contributed by atoms with Gasteiger partial charge in [-0.15, -0.1) is 11.3 Å². The van der Waals surface area contributed by atoms with Crippen LogP contribution < -0.4 is 0 Å². The highest BCUT2D eigenvalue weighted by Gasteiger charge is 2.26. The van der Waals surface area contributed by atoms with Gasteiger partial charge in [0.15, 0.2) is 0 Å². The molecule has 68 heavy (non-hydrogen) atoms. The van der Waals surface area contributed by atoms with E-state index in [1.165, 1.54) is 83.1 Å². The molecular weight excluding hydrogens is 853 g/mol. The van der Waals surface area contributed by atoms with E-state index in [1.807, 2.05) is 23.1 Å². The number of nitrogens with zero attached hydrogens (tertiary/aromatic N) is 8. The summed E-state index contributed by atoms with van der Waals surface area (Å²) in [4.78, 5) is 19.7. The van der Waals surface area contributed by atoms with Gasteiger partial charge in [-0.1, -0.05) is 139 Å². The minimum absolute atomic E-state index is 0. The molecule has 0 amide bonds. The Morgan fingerprint density at radius 1 is 0.426 bits per heavy atom. The van der Waals surface area contributed by atoms with E-state index in [-0.39, 0.29) is 34.5 Å². The lowest BCUT2D eigenvalue weighted by Crippen LogP contribution is -2.18. The van der Waals surface area contributed by atoms with Gasteiger partial charge in [0.25, 0.3) is 0 Å². The summed E-state index contributed by atoms with van der Waals surface area (Å²) in [5.74, 6) is 0.952. The van der Waals surface area contributed by atoms with Crippen molar-refractivity contribution in [2.75, 3.05) is 0 Å². The summed E-state index contributed by atoms with van der Waals surface area (Å²) >= 11 is 1.86. The van der Waals surface area contributed by atoms with Crippen LogP contribution in [0.2, 0.25) is 0 Å². The minimum Gasteiger partial charge on any atom is -0.272 e. The maximum absolute atomic E-state index is 4.72. The number of aromatic nitrogens is 8. The van der Waals surface area contributed by atoms with Gasteiger partial charge in [-0.25, -0.2) is 15.0 Å². The van der Waals surface area contributed by atoms with Crippen LogP contribution in [0, 0.1) is 62.3 Å². The molecule has 0 saturated carbocycles. The first-order valence-electron chi connectivity index (χ1n) is 25.2. The fraction of sp³-hybridized carbons (Fsp3) is 0.695. The van der Waals surface area contributed by atoms with Crippen molar-refractivity contribution in [1.82, 2.24) is 39.5 Å². The summed E-state index contributed by atoms with van der Waals surface area (Å²) in [7, 11) is 2.03. The van der Waals surface area contributed by atoms with Gasteiger partial charge in [0.1, 0.15) is 5.82 Å². The number of pyridine rings is 1. The maximum atomic E-state index is 4.72. The molecule has 0 aromatic carbocycles. The first kappa shape index (κ1) is 64.3. The summed E-state index contributed by atoms with van der Waals surface area (Å²) in [6.07, 6.45) is 4.02. The van der Waals surface area contributed by atoms with E-state index in [1.54, 1.807) is 0 Å². The predicted octanol–water partition coefficient (Wildman–Crippen LogP) is 16.2. The standard InChI is InChI=1S/C14H23N.C12H20N2.2C11H20N2.C10H17NS.CH4/c1-8-12-9(2)10(3)13(11(4)15-12)14(5,6)7;1-7-10-13-8(2)11(9(3)14-10)12(4,5)6;1-7-9-8(2)10(11(3,4)5)13(6)12-9;1-7-13-9(3)10(8(2)12-13)11(4,5)6;1-6-8-11-7(2)9(12-8)10(3,4)5;/h8H2,1-7H3;7H2,1-6H3;2*7H2,1-6H3;6H2,1-5H3;1H4. The highest BCUT2D eigenvalue weighted by atomic mass is 32.1. The molecule has 0 radical (unpaired) electrons. The molecule has 5 heterocycles. The molecule has 5 aromatic heterocycles. The normalized spacial score (nSPS) is 11.9. The lowest BCUT2D eigenvalue weighted by Gasteiger charge is -2.25. The monoisotopic (exact) mass is 957 g/mol. The molecule has 0 saturated heterocycles. The van der Waals surface area contributed by atoms with Crippen LogP contribution in [0.4, 0.5) is 0 Å². The van der Waals surface area contributed by atoms with E-state index in [2.05, 4.69) is 231 Å². The Morgan fingerprint density at radius 3 is 1.16 bits per heavy atom. The number of hydrogen-bond donors (Lipinski definition) is 0. The Morgan fingerprint density at radius 2 is 0.882 bits per heavy atom. The largest absolute Gasteiger partial charge is 0.272 e. The fourth-order valence-electron chi connectivity index (χ4n) is 9.95. The van der Waals surface area contributed by atoms with Crippen LogP contribution >= 0.6 is 11.3 Å². The van der Waals surface area contributed by atoms with Gasteiger partial charge < -0.3 is 0 Å². The van der Waals surface area contributed by atoms with Crippen LogP contribution in [0.15, 0.2) is 0 Å². The van der Waals surface area contributed by atoms with Crippen molar-refractivity contribution >= 4 is 11.3 Å².